The van der Waals surface area contributed by atoms with Gasteiger partial charge in [-0.3, -0.25) is 4.79 Å². The Morgan fingerprint density at radius 1 is 1.50 bits per heavy atom. The molecule has 1 rings (SSSR count). The first kappa shape index (κ1) is 10.3. The fourth-order valence-electron chi connectivity index (χ4n) is 1.22. The molecule has 3 heteroatoms. The molecular formula is C11H12N2O. The van der Waals surface area contributed by atoms with Crippen LogP contribution in [0.3, 0.4) is 0 Å². The molecule has 0 spiro atoms. The molecule has 1 aromatic carbocycles. The highest BCUT2D eigenvalue weighted by atomic mass is 16.1. The standard InChI is InChI=1S/C11H12N2O/c1-2-9-5-3-4-6-10(9)13-11(14)7-8-12/h3-6H,2,7H2,1H3,(H,13,14). The lowest BCUT2D eigenvalue weighted by Crippen LogP contribution is -2.11. The summed E-state index contributed by atoms with van der Waals surface area (Å²) in [7, 11) is 0. The third-order valence-corrected chi connectivity index (χ3v) is 1.91. The van der Waals surface area contributed by atoms with E-state index in [4.69, 9.17) is 5.26 Å². The van der Waals surface area contributed by atoms with E-state index in [0.29, 0.717) is 0 Å². The number of aryl methyl sites for hydroxylation is 1. The fraction of sp³-hybridized carbons (Fsp3) is 0.273. The van der Waals surface area contributed by atoms with Gasteiger partial charge in [0.05, 0.1) is 6.07 Å². The second-order valence-electron chi connectivity index (χ2n) is 2.89. The van der Waals surface area contributed by atoms with Gasteiger partial charge in [-0.25, -0.2) is 0 Å². The van der Waals surface area contributed by atoms with Crippen molar-refractivity contribution in [2.45, 2.75) is 19.8 Å². The van der Waals surface area contributed by atoms with Gasteiger partial charge >= 0.3 is 0 Å². The van der Waals surface area contributed by atoms with Crippen molar-refractivity contribution in [3.05, 3.63) is 29.8 Å². The molecule has 0 saturated carbocycles. The van der Waals surface area contributed by atoms with Gasteiger partial charge in [-0.1, -0.05) is 25.1 Å². The summed E-state index contributed by atoms with van der Waals surface area (Å²) >= 11 is 0. The van der Waals surface area contributed by atoms with E-state index in [1.807, 2.05) is 37.3 Å². The lowest BCUT2D eigenvalue weighted by Gasteiger charge is -2.07. The van der Waals surface area contributed by atoms with Crippen LogP contribution in [-0.4, -0.2) is 5.91 Å². The Bertz CT molecular complexity index is 366. The molecule has 0 atom stereocenters. The molecule has 0 radical (unpaired) electrons. The molecule has 0 bridgehead atoms. The average Bonchev–Trinajstić information content (AvgIpc) is 2.19. The Kier molecular flexibility index (Phi) is 3.69. The van der Waals surface area contributed by atoms with Crippen LogP contribution < -0.4 is 5.32 Å². The third-order valence-electron chi connectivity index (χ3n) is 1.91. The third kappa shape index (κ3) is 2.60. The molecule has 1 N–H and O–H groups in total. The number of carbonyl (C=O) groups excluding carboxylic acids is 1. The van der Waals surface area contributed by atoms with Gasteiger partial charge in [0.2, 0.25) is 5.91 Å². The summed E-state index contributed by atoms with van der Waals surface area (Å²) in [5.74, 6) is -0.256. The topological polar surface area (TPSA) is 52.9 Å². The lowest BCUT2D eigenvalue weighted by atomic mass is 10.1. The molecule has 0 unspecified atom stereocenters. The number of nitriles is 1. The first-order valence-corrected chi connectivity index (χ1v) is 4.52. The molecule has 14 heavy (non-hydrogen) atoms. The molecule has 72 valence electrons. The minimum Gasteiger partial charge on any atom is -0.325 e. The SMILES string of the molecule is CCc1ccccc1NC(=O)CC#N. The molecule has 0 aromatic heterocycles. The van der Waals surface area contributed by atoms with E-state index in [2.05, 4.69) is 5.32 Å². The maximum absolute atomic E-state index is 11.1. The van der Waals surface area contributed by atoms with Gasteiger partial charge in [-0.05, 0) is 18.1 Å². The number of hydrogen-bond acceptors (Lipinski definition) is 2. The van der Waals surface area contributed by atoms with Crippen LogP contribution >= 0.6 is 0 Å². The van der Waals surface area contributed by atoms with Gasteiger partial charge in [-0.15, -0.1) is 0 Å². The van der Waals surface area contributed by atoms with Crippen molar-refractivity contribution in [1.29, 1.82) is 5.26 Å². The number of nitrogens with zero attached hydrogens (tertiary/aromatic N) is 1. The predicted molar refractivity (Wildman–Crippen MR) is 54.7 cm³/mol. The molecule has 0 fully saturated rings. The van der Waals surface area contributed by atoms with Gasteiger partial charge in [0.1, 0.15) is 6.42 Å². The molecule has 3 nitrogen and oxygen atoms in total. The van der Waals surface area contributed by atoms with Crippen LogP contribution in [0.1, 0.15) is 18.9 Å². The second-order valence-corrected chi connectivity index (χ2v) is 2.89. The molecular weight excluding hydrogens is 176 g/mol. The largest absolute Gasteiger partial charge is 0.325 e. The Labute approximate surface area is 83.4 Å². The number of benzene rings is 1. The van der Waals surface area contributed by atoms with Crippen LogP contribution in [0.25, 0.3) is 0 Å². The number of amides is 1. The first-order chi connectivity index (χ1) is 6.77. The fourth-order valence-corrected chi connectivity index (χ4v) is 1.22. The van der Waals surface area contributed by atoms with Crippen LogP contribution in [0, 0.1) is 11.3 Å². The van der Waals surface area contributed by atoms with E-state index in [9.17, 15) is 4.79 Å². The van der Waals surface area contributed by atoms with Crippen molar-refractivity contribution < 1.29 is 4.79 Å². The zero-order valence-corrected chi connectivity index (χ0v) is 8.08. The van der Waals surface area contributed by atoms with Crippen LogP contribution in [0.15, 0.2) is 24.3 Å². The first-order valence-electron chi connectivity index (χ1n) is 4.52. The summed E-state index contributed by atoms with van der Waals surface area (Å²) in [6, 6.07) is 9.41. The molecule has 1 amide bonds. The zero-order valence-electron chi connectivity index (χ0n) is 8.08. The normalized spacial score (nSPS) is 9.14. The summed E-state index contributed by atoms with van der Waals surface area (Å²) in [6.07, 6.45) is 0.765. The highest BCUT2D eigenvalue weighted by Gasteiger charge is 2.03. The van der Waals surface area contributed by atoms with E-state index in [-0.39, 0.29) is 12.3 Å². The maximum Gasteiger partial charge on any atom is 0.238 e. The van der Waals surface area contributed by atoms with E-state index >= 15 is 0 Å². The monoisotopic (exact) mass is 188 g/mol. The smallest absolute Gasteiger partial charge is 0.238 e. The van der Waals surface area contributed by atoms with Crippen LogP contribution in [-0.2, 0) is 11.2 Å². The Morgan fingerprint density at radius 3 is 2.86 bits per heavy atom. The summed E-state index contributed by atoms with van der Waals surface area (Å²) in [6.45, 7) is 2.02. The minimum atomic E-state index is -0.256. The van der Waals surface area contributed by atoms with Crippen molar-refractivity contribution in [3.8, 4) is 6.07 Å². The summed E-state index contributed by atoms with van der Waals surface area (Å²) in [4.78, 5) is 11.1. The van der Waals surface area contributed by atoms with Crippen molar-refractivity contribution in [2.75, 3.05) is 5.32 Å². The maximum atomic E-state index is 11.1. The Morgan fingerprint density at radius 2 is 2.21 bits per heavy atom. The number of nitrogens with one attached hydrogen (secondary N) is 1. The van der Waals surface area contributed by atoms with Crippen molar-refractivity contribution in [1.82, 2.24) is 0 Å². The van der Waals surface area contributed by atoms with E-state index in [1.165, 1.54) is 0 Å². The molecule has 0 aliphatic heterocycles. The molecule has 0 saturated heterocycles. The van der Waals surface area contributed by atoms with E-state index in [0.717, 1.165) is 17.7 Å². The highest BCUT2D eigenvalue weighted by molar-refractivity contribution is 5.92. The summed E-state index contributed by atoms with van der Waals surface area (Å²) in [5.41, 5.74) is 1.88. The Hall–Kier alpha value is -1.82. The predicted octanol–water partition coefficient (Wildman–Crippen LogP) is 2.10. The Balaban J connectivity index is 2.76. The van der Waals surface area contributed by atoms with Gasteiger partial charge in [0, 0.05) is 5.69 Å². The van der Waals surface area contributed by atoms with Gasteiger partial charge in [0.25, 0.3) is 0 Å². The quantitative estimate of drug-likeness (QED) is 0.789. The van der Waals surface area contributed by atoms with Gasteiger partial charge < -0.3 is 5.32 Å². The summed E-state index contributed by atoms with van der Waals surface area (Å²) in [5, 5.41) is 11.0. The van der Waals surface area contributed by atoms with Crippen LogP contribution in [0.5, 0.6) is 0 Å². The number of rotatable bonds is 3. The lowest BCUT2D eigenvalue weighted by molar-refractivity contribution is -0.115. The van der Waals surface area contributed by atoms with Crippen molar-refractivity contribution in [3.63, 3.8) is 0 Å². The minimum absolute atomic E-state index is 0.0992. The van der Waals surface area contributed by atoms with Gasteiger partial charge in [0.15, 0.2) is 0 Å². The van der Waals surface area contributed by atoms with Crippen LogP contribution in [0.4, 0.5) is 5.69 Å². The number of anilines is 1. The molecule has 1 aromatic rings. The second kappa shape index (κ2) is 5.03. The van der Waals surface area contributed by atoms with Crippen LogP contribution in [0.2, 0.25) is 0 Å². The molecule has 0 heterocycles. The van der Waals surface area contributed by atoms with E-state index in [1.54, 1.807) is 0 Å². The molecule has 0 aliphatic rings. The van der Waals surface area contributed by atoms with Gasteiger partial charge in [-0.2, -0.15) is 5.26 Å². The number of para-hydroxylation sites is 1. The highest BCUT2D eigenvalue weighted by Crippen LogP contribution is 2.15. The van der Waals surface area contributed by atoms with Crippen molar-refractivity contribution in [2.24, 2.45) is 0 Å². The van der Waals surface area contributed by atoms with Crippen molar-refractivity contribution >= 4 is 11.6 Å². The molecule has 0 aliphatic carbocycles. The average molecular weight is 188 g/mol. The number of hydrogen-bond donors (Lipinski definition) is 1. The zero-order chi connectivity index (χ0) is 10.4. The number of carbonyl (C=O) groups is 1. The summed E-state index contributed by atoms with van der Waals surface area (Å²) < 4.78 is 0. The van der Waals surface area contributed by atoms with E-state index < -0.39 is 0 Å².